The van der Waals surface area contributed by atoms with Gasteiger partial charge in [-0.1, -0.05) is 0 Å². The van der Waals surface area contributed by atoms with E-state index in [0.29, 0.717) is 13.0 Å². The Balaban J connectivity index is 1.35. The lowest BCUT2D eigenvalue weighted by Crippen LogP contribution is -2.47. The van der Waals surface area contributed by atoms with E-state index in [1.807, 2.05) is 35.0 Å². The molecule has 0 saturated carbocycles. The van der Waals surface area contributed by atoms with E-state index in [2.05, 4.69) is 20.0 Å². The maximum atomic E-state index is 12.6. The molecule has 2 aliphatic heterocycles. The van der Waals surface area contributed by atoms with E-state index in [0.717, 1.165) is 50.5 Å². The van der Waals surface area contributed by atoms with Crippen molar-refractivity contribution in [1.82, 2.24) is 24.6 Å². The van der Waals surface area contributed by atoms with Crippen LogP contribution in [-0.2, 0) is 11.3 Å². The van der Waals surface area contributed by atoms with Crippen LogP contribution in [0.3, 0.4) is 0 Å². The van der Waals surface area contributed by atoms with Gasteiger partial charge < -0.3 is 14.9 Å². The van der Waals surface area contributed by atoms with Gasteiger partial charge in [-0.2, -0.15) is 5.10 Å². The fourth-order valence-electron chi connectivity index (χ4n) is 4.62. The molecule has 1 atom stereocenters. The number of nitrogens with zero attached hydrogens (tertiary/aromatic N) is 6. The van der Waals surface area contributed by atoms with E-state index in [1.54, 1.807) is 12.4 Å². The van der Waals surface area contributed by atoms with Crippen molar-refractivity contribution in [2.24, 2.45) is 11.3 Å². The zero-order chi connectivity index (χ0) is 19.6. The van der Waals surface area contributed by atoms with Crippen LogP contribution in [0.15, 0.2) is 30.9 Å². The van der Waals surface area contributed by atoms with Crippen molar-refractivity contribution in [3.05, 3.63) is 36.4 Å². The maximum Gasteiger partial charge on any atom is 0.225 e. The van der Waals surface area contributed by atoms with Crippen LogP contribution < -0.4 is 4.90 Å². The van der Waals surface area contributed by atoms with Crippen molar-refractivity contribution in [1.29, 1.82) is 0 Å². The summed E-state index contributed by atoms with van der Waals surface area (Å²) in [5.74, 6) is 1.11. The number of anilines is 1. The van der Waals surface area contributed by atoms with Gasteiger partial charge in [-0.3, -0.25) is 9.48 Å². The molecule has 28 heavy (non-hydrogen) atoms. The zero-order valence-electron chi connectivity index (χ0n) is 16.4. The minimum atomic E-state index is 0.0316. The highest BCUT2D eigenvalue weighted by Gasteiger charge is 2.48. The Hall–Kier alpha value is -2.48. The lowest BCUT2D eigenvalue weighted by molar-refractivity contribution is -0.134. The number of carbonyl (C=O) groups excluding carboxylic acids is 1. The van der Waals surface area contributed by atoms with E-state index < -0.39 is 0 Å². The van der Waals surface area contributed by atoms with Crippen LogP contribution in [0.4, 0.5) is 5.95 Å². The number of likely N-dealkylation sites (tertiary alicyclic amines) is 1. The van der Waals surface area contributed by atoms with Gasteiger partial charge in [0.05, 0.1) is 6.20 Å². The molecular formula is C20H28N6O2. The molecule has 0 bridgehead atoms. The van der Waals surface area contributed by atoms with Gasteiger partial charge in [0.15, 0.2) is 0 Å². The molecule has 1 N–H and O–H groups in total. The Morgan fingerprint density at radius 1 is 1.29 bits per heavy atom. The van der Waals surface area contributed by atoms with Crippen molar-refractivity contribution in [3.63, 3.8) is 0 Å². The summed E-state index contributed by atoms with van der Waals surface area (Å²) in [5, 5.41) is 14.2. The van der Waals surface area contributed by atoms with Gasteiger partial charge in [-0.15, -0.1) is 0 Å². The Kier molecular flexibility index (Phi) is 5.30. The summed E-state index contributed by atoms with van der Waals surface area (Å²) in [6.45, 7) is 5.89. The molecule has 2 aliphatic rings. The summed E-state index contributed by atoms with van der Waals surface area (Å²) in [4.78, 5) is 25.5. The Morgan fingerprint density at radius 2 is 2.04 bits per heavy atom. The first kappa shape index (κ1) is 18.9. The first-order valence-corrected chi connectivity index (χ1v) is 9.99. The first-order chi connectivity index (χ1) is 13.6. The monoisotopic (exact) mass is 384 g/mol. The highest BCUT2D eigenvalue weighted by molar-refractivity contribution is 5.76. The quantitative estimate of drug-likeness (QED) is 0.831. The number of aliphatic hydroxyl groups is 1. The van der Waals surface area contributed by atoms with Crippen LogP contribution in [0.25, 0.3) is 0 Å². The third-order valence-electron chi connectivity index (χ3n) is 6.30. The third kappa shape index (κ3) is 3.73. The molecular weight excluding hydrogens is 356 g/mol. The second-order valence-corrected chi connectivity index (χ2v) is 8.08. The van der Waals surface area contributed by atoms with Gasteiger partial charge in [0.25, 0.3) is 0 Å². The number of piperidine rings is 1. The lowest BCUT2D eigenvalue weighted by Gasteiger charge is -2.42. The highest BCUT2D eigenvalue weighted by Crippen LogP contribution is 2.45. The number of rotatable bonds is 5. The lowest BCUT2D eigenvalue weighted by atomic mass is 9.71. The molecule has 4 rings (SSSR count). The molecule has 4 heterocycles. The van der Waals surface area contributed by atoms with Crippen LogP contribution >= 0.6 is 0 Å². The fourth-order valence-corrected chi connectivity index (χ4v) is 4.62. The molecule has 0 aliphatic carbocycles. The minimum absolute atomic E-state index is 0.0316. The number of aliphatic hydroxyl groups excluding tert-OH is 1. The average molecular weight is 384 g/mol. The van der Waals surface area contributed by atoms with Gasteiger partial charge >= 0.3 is 0 Å². The number of hydrogen-bond donors (Lipinski definition) is 1. The van der Waals surface area contributed by atoms with Crippen LogP contribution in [0, 0.1) is 18.3 Å². The number of aryl methyl sites for hydroxylation is 2. The number of hydrogen-bond acceptors (Lipinski definition) is 6. The van der Waals surface area contributed by atoms with Crippen molar-refractivity contribution >= 4 is 11.9 Å². The van der Waals surface area contributed by atoms with Gasteiger partial charge in [0.2, 0.25) is 11.9 Å². The fraction of sp³-hybridized carbons (Fsp3) is 0.600. The van der Waals surface area contributed by atoms with Gasteiger partial charge in [-0.25, -0.2) is 9.97 Å². The molecule has 2 saturated heterocycles. The number of carbonyl (C=O) groups is 1. The first-order valence-electron chi connectivity index (χ1n) is 9.99. The summed E-state index contributed by atoms with van der Waals surface area (Å²) in [6.07, 6.45) is 9.58. The topological polar surface area (TPSA) is 87.4 Å². The largest absolute Gasteiger partial charge is 0.396 e. The van der Waals surface area contributed by atoms with Crippen molar-refractivity contribution < 1.29 is 9.90 Å². The highest BCUT2D eigenvalue weighted by atomic mass is 16.3. The SMILES string of the molecule is Cc1cnn(CCC(=O)N2CCC3(CC2)CN(c2ncccn2)CC3CO)c1. The molecule has 1 spiro atoms. The molecule has 150 valence electrons. The molecule has 8 heteroatoms. The van der Waals surface area contributed by atoms with Gasteiger partial charge in [0.1, 0.15) is 0 Å². The molecule has 2 aromatic rings. The standard InChI is InChI=1S/C20H28N6O2/c1-16-11-23-26(12-16)8-3-18(28)24-9-4-20(5-10-24)15-25(13-17(20)14-27)19-21-6-2-7-22-19/h2,6-7,11-12,17,27H,3-5,8-10,13-15H2,1H3. The summed E-state index contributed by atoms with van der Waals surface area (Å²) in [6, 6.07) is 1.81. The predicted molar refractivity (Wildman–Crippen MR) is 105 cm³/mol. The zero-order valence-corrected chi connectivity index (χ0v) is 16.4. The number of amides is 1. The van der Waals surface area contributed by atoms with Crippen LogP contribution in [-0.4, -0.2) is 68.4 Å². The van der Waals surface area contributed by atoms with Crippen molar-refractivity contribution in [2.75, 3.05) is 37.7 Å². The van der Waals surface area contributed by atoms with Crippen LogP contribution in [0.2, 0.25) is 0 Å². The molecule has 8 nitrogen and oxygen atoms in total. The minimum Gasteiger partial charge on any atom is -0.396 e. The van der Waals surface area contributed by atoms with E-state index in [-0.39, 0.29) is 23.8 Å². The summed E-state index contributed by atoms with van der Waals surface area (Å²) in [7, 11) is 0. The number of aromatic nitrogens is 4. The molecule has 1 unspecified atom stereocenters. The summed E-state index contributed by atoms with van der Waals surface area (Å²) >= 11 is 0. The molecule has 2 fully saturated rings. The molecule has 0 aromatic carbocycles. The van der Waals surface area contributed by atoms with E-state index >= 15 is 0 Å². The average Bonchev–Trinajstić information content (AvgIpc) is 3.31. The van der Waals surface area contributed by atoms with E-state index in [9.17, 15) is 9.90 Å². The smallest absolute Gasteiger partial charge is 0.225 e. The second-order valence-electron chi connectivity index (χ2n) is 8.08. The predicted octanol–water partition coefficient (Wildman–Crippen LogP) is 1.11. The molecule has 2 aromatic heterocycles. The van der Waals surface area contributed by atoms with Crippen LogP contribution in [0.1, 0.15) is 24.8 Å². The second kappa shape index (κ2) is 7.87. The van der Waals surface area contributed by atoms with E-state index in [1.165, 1.54) is 0 Å². The normalized spacial score (nSPS) is 21.4. The summed E-state index contributed by atoms with van der Waals surface area (Å²) in [5.41, 5.74) is 1.14. The van der Waals surface area contributed by atoms with Gasteiger partial charge in [0, 0.05) is 70.3 Å². The van der Waals surface area contributed by atoms with Crippen LogP contribution in [0.5, 0.6) is 0 Å². The Bertz CT molecular complexity index is 800. The van der Waals surface area contributed by atoms with Gasteiger partial charge in [-0.05, 0) is 36.8 Å². The molecule has 1 amide bonds. The summed E-state index contributed by atoms with van der Waals surface area (Å²) < 4.78 is 1.83. The maximum absolute atomic E-state index is 12.6. The molecule has 0 radical (unpaired) electrons. The van der Waals surface area contributed by atoms with Crippen molar-refractivity contribution in [3.8, 4) is 0 Å². The Morgan fingerprint density at radius 3 is 2.68 bits per heavy atom. The van der Waals surface area contributed by atoms with E-state index in [4.69, 9.17) is 0 Å². The van der Waals surface area contributed by atoms with Crippen molar-refractivity contribution in [2.45, 2.75) is 32.7 Å². The Labute approximate surface area is 165 Å². The third-order valence-corrected chi connectivity index (χ3v) is 6.30.